The Morgan fingerprint density at radius 3 is 2.57 bits per heavy atom. The van der Waals surface area contributed by atoms with Crippen LogP contribution in [0.2, 0.25) is 0 Å². The summed E-state index contributed by atoms with van der Waals surface area (Å²) < 4.78 is 4.47. The summed E-state index contributed by atoms with van der Waals surface area (Å²) in [4.78, 5) is 22.1. The Bertz CT molecular complexity index is 194. The van der Waals surface area contributed by atoms with Crippen molar-refractivity contribution in [2.24, 2.45) is 0 Å². The van der Waals surface area contributed by atoms with E-state index in [4.69, 9.17) is 0 Å². The molecule has 0 bridgehead atoms. The van der Waals surface area contributed by atoms with Crippen molar-refractivity contribution in [1.29, 1.82) is 0 Å². The lowest BCUT2D eigenvalue weighted by atomic mass is 10.3. The summed E-state index contributed by atoms with van der Waals surface area (Å²) in [7, 11) is 1.30. The Kier molecular flexibility index (Phi) is 6.74. The van der Waals surface area contributed by atoms with Gasteiger partial charge in [-0.2, -0.15) is 0 Å². The zero-order valence-electron chi connectivity index (χ0n) is 8.92. The molecule has 0 heterocycles. The summed E-state index contributed by atoms with van der Waals surface area (Å²) in [6.45, 7) is 5.02. The van der Waals surface area contributed by atoms with Gasteiger partial charge in [-0.1, -0.05) is 6.92 Å². The Morgan fingerprint density at radius 1 is 1.43 bits per heavy atom. The summed E-state index contributed by atoms with van der Waals surface area (Å²) in [5, 5.41) is 5.55. The van der Waals surface area contributed by atoms with Crippen LogP contribution in [0.3, 0.4) is 0 Å². The number of hydrogen-bond acceptors (Lipinski definition) is 4. The van der Waals surface area contributed by atoms with Crippen molar-refractivity contribution in [1.82, 2.24) is 10.6 Å². The van der Waals surface area contributed by atoms with Gasteiger partial charge in [0.25, 0.3) is 0 Å². The van der Waals surface area contributed by atoms with Gasteiger partial charge < -0.3 is 15.4 Å². The third-order valence-corrected chi connectivity index (χ3v) is 1.71. The minimum Gasteiger partial charge on any atom is -0.467 e. The topological polar surface area (TPSA) is 67.4 Å². The van der Waals surface area contributed by atoms with E-state index in [1.807, 2.05) is 6.92 Å². The maximum Gasteiger partial charge on any atom is 0.328 e. The Hall–Kier alpha value is -1.10. The first kappa shape index (κ1) is 12.9. The normalized spacial score (nSPS) is 11.9. The third-order valence-electron chi connectivity index (χ3n) is 1.71. The average molecular weight is 202 g/mol. The summed E-state index contributed by atoms with van der Waals surface area (Å²) in [5.41, 5.74) is 0. The van der Waals surface area contributed by atoms with Gasteiger partial charge in [0.15, 0.2) is 0 Å². The number of esters is 1. The number of rotatable bonds is 6. The molecule has 0 saturated heterocycles. The number of nitrogens with one attached hydrogen (secondary N) is 2. The number of amides is 1. The lowest BCUT2D eigenvalue weighted by Crippen LogP contribution is -2.40. The van der Waals surface area contributed by atoms with Crippen LogP contribution in [0.25, 0.3) is 0 Å². The van der Waals surface area contributed by atoms with Gasteiger partial charge in [-0.15, -0.1) is 0 Å². The SMILES string of the molecule is CCNCCC(=O)N[C@@H](C)C(=O)OC. The summed E-state index contributed by atoms with van der Waals surface area (Å²) in [6, 6.07) is -0.575. The number of hydrogen-bond donors (Lipinski definition) is 2. The van der Waals surface area contributed by atoms with Crippen LogP contribution < -0.4 is 10.6 Å². The predicted molar refractivity (Wildman–Crippen MR) is 52.8 cm³/mol. The highest BCUT2D eigenvalue weighted by atomic mass is 16.5. The van der Waals surface area contributed by atoms with Gasteiger partial charge >= 0.3 is 5.97 Å². The maximum atomic E-state index is 11.2. The molecule has 2 N–H and O–H groups in total. The van der Waals surface area contributed by atoms with Crippen LogP contribution in [0, 0.1) is 0 Å². The van der Waals surface area contributed by atoms with Crippen molar-refractivity contribution in [3.8, 4) is 0 Å². The van der Waals surface area contributed by atoms with Crippen molar-refractivity contribution in [2.45, 2.75) is 26.3 Å². The molecule has 0 unspecified atom stereocenters. The van der Waals surface area contributed by atoms with Crippen LogP contribution >= 0.6 is 0 Å². The number of methoxy groups -OCH3 is 1. The van der Waals surface area contributed by atoms with E-state index < -0.39 is 12.0 Å². The highest BCUT2D eigenvalue weighted by Gasteiger charge is 2.14. The molecule has 1 amide bonds. The molecule has 0 spiro atoms. The molecule has 5 heteroatoms. The van der Waals surface area contributed by atoms with Gasteiger partial charge in [0.1, 0.15) is 6.04 Å². The summed E-state index contributed by atoms with van der Waals surface area (Å²) in [5.74, 6) is -0.578. The molecule has 0 aliphatic heterocycles. The molecule has 5 nitrogen and oxygen atoms in total. The van der Waals surface area contributed by atoms with E-state index in [0.29, 0.717) is 13.0 Å². The third kappa shape index (κ3) is 5.53. The summed E-state index contributed by atoms with van der Waals surface area (Å²) >= 11 is 0. The van der Waals surface area contributed by atoms with Gasteiger partial charge in [-0.05, 0) is 13.5 Å². The van der Waals surface area contributed by atoms with Crippen molar-refractivity contribution in [2.75, 3.05) is 20.2 Å². The smallest absolute Gasteiger partial charge is 0.328 e. The number of carbonyl (C=O) groups is 2. The lowest BCUT2D eigenvalue weighted by Gasteiger charge is -2.11. The number of ether oxygens (including phenoxy) is 1. The van der Waals surface area contributed by atoms with E-state index in [2.05, 4.69) is 15.4 Å². The molecule has 0 aromatic rings. The minimum atomic E-state index is -0.575. The second-order valence-electron chi connectivity index (χ2n) is 2.92. The predicted octanol–water partition coefficient (Wildman–Crippen LogP) is -0.336. The second-order valence-corrected chi connectivity index (χ2v) is 2.92. The first-order valence-corrected chi connectivity index (χ1v) is 4.69. The number of carbonyl (C=O) groups excluding carboxylic acids is 2. The highest BCUT2D eigenvalue weighted by molar-refractivity contribution is 5.84. The molecule has 0 aliphatic carbocycles. The van der Waals surface area contributed by atoms with Gasteiger partial charge in [-0.3, -0.25) is 4.79 Å². The largest absolute Gasteiger partial charge is 0.467 e. The van der Waals surface area contributed by atoms with Crippen LogP contribution in [0.4, 0.5) is 0 Å². The van der Waals surface area contributed by atoms with Crippen molar-refractivity contribution in [3.05, 3.63) is 0 Å². The molecule has 1 atom stereocenters. The van der Waals surface area contributed by atoms with Gasteiger partial charge in [0, 0.05) is 13.0 Å². The Morgan fingerprint density at radius 2 is 2.07 bits per heavy atom. The zero-order valence-corrected chi connectivity index (χ0v) is 8.92. The first-order chi connectivity index (χ1) is 6.61. The molecule has 0 rings (SSSR count). The Balaban J connectivity index is 3.65. The van der Waals surface area contributed by atoms with Gasteiger partial charge in [0.05, 0.1) is 7.11 Å². The lowest BCUT2D eigenvalue weighted by molar-refractivity contribution is -0.144. The van der Waals surface area contributed by atoms with E-state index in [0.717, 1.165) is 6.54 Å². The molecular formula is C9H18N2O3. The van der Waals surface area contributed by atoms with Crippen molar-refractivity contribution < 1.29 is 14.3 Å². The molecule has 0 radical (unpaired) electrons. The molecule has 82 valence electrons. The fourth-order valence-electron chi connectivity index (χ4n) is 0.928. The monoisotopic (exact) mass is 202 g/mol. The van der Waals surface area contributed by atoms with Crippen LogP contribution in [-0.4, -0.2) is 38.1 Å². The fraction of sp³-hybridized carbons (Fsp3) is 0.778. The molecule has 0 aromatic carbocycles. The second kappa shape index (κ2) is 7.32. The van der Waals surface area contributed by atoms with Crippen molar-refractivity contribution in [3.63, 3.8) is 0 Å². The molecule has 0 aromatic heterocycles. The van der Waals surface area contributed by atoms with Crippen LogP contribution in [0.1, 0.15) is 20.3 Å². The van der Waals surface area contributed by atoms with E-state index >= 15 is 0 Å². The van der Waals surface area contributed by atoms with E-state index in [-0.39, 0.29) is 5.91 Å². The maximum absolute atomic E-state index is 11.2. The standard InChI is InChI=1S/C9H18N2O3/c1-4-10-6-5-8(12)11-7(2)9(13)14-3/h7,10H,4-6H2,1-3H3,(H,11,12)/t7-/m0/s1. The van der Waals surface area contributed by atoms with Crippen LogP contribution in [0.5, 0.6) is 0 Å². The van der Waals surface area contributed by atoms with Gasteiger partial charge in [0.2, 0.25) is 5.91 Å². The van der Waals surface area contributed by atoms with Crippen LogP contribution in [-0.2, 0) is 14.3 Å². The van der Waals surface area contributed by atoms with E-state index in [9.17, 15) is 9.59 Å². The highest BCUT2D eigenvalue weighted by Crippen LogP contribution is 1.87. The molecule has 14 heavy (non-hydrogen) atoms. The average Bonchev–Trinajstić information content (AvgIpc) is 2.16. The zero-order chi connectivity index (χ0) is 11.0. The molecule has 0 saturated carbocycles. The first-order valence-electron chi connectivity index (χ1n) is 4.69. The quantitative estimate of drug-likeness (QED) is 0.457. The molecular weight excluding hydrogens is 184 g/mol. The van der Waals surface area contributed by atoms with E-state index in [1.54, 1.807) is 6.92 Å². The fourth-order valence-corrected chi connectivity index (χ4v) is 0.928. The van der Waals surface area contributed by atoms with Crippen molar-refractivity contribution >= 4 is 11.9 Å². The molecule has 0 aliphatic rings. The molecule has 0 fully saturated rings. The van der Waals surface area contributed by atoms with E-state index in [1.165, 1.54) is 7.11 Å². The summed E-state index contributed by atoms with van der Waals surface area (Å²) in [6.07, 6.45) is 0.370. The van der Waals surface area contributed by atoms with Gasteiger partial charge in [-0.25, -0.2) is 4.79 Å². The minimum absolute atomic E-state index is 0.149. The Labute approximate surface area is 84.2 Å². The van der Waals surface area contributed by atoms with Crippen LogP contribution in [0.15, 0.2) is 0 Å².